The topological polar surface area (TPSA) is 160 Å². The second kappa shape index (κ2) is 16.5. The summed E-state index contributed by atoms with van der Waals surface area (Å²) in [5, 5.41) is 14.0. The monoisotopic (exact) mass is 952 g/mol. The number of hydrogen-bond donors (Lipinski definition) is 2. The van der Waals surface area contributed by atoms with Crippen LogP contribution in [0.15, 0.2) is 53.6 Å². The summed E-state index contributed by atoms with van der Waals surface area (Å²) < 4.78 is 27.4. The summed E-state index contributed by atoms with van der Waals surface area (Å²) in [5.41, 5.74) is 1.84. The number of fused-ring (bicyclic) bond motifs is 6. The van der Waals surface area contributed by atoms with Crippen molar-refractivity contribution in [1.82, 2.24) is 14.8 Å². The van der Waals surface area contributed by atoms with Crippen LogP contribution in [0.1, 0.15) is 79.2 Å². The van der Waals surface area contributed by atoms with E-state index in [1.165, 1.54) is 26.7 Å². The maximum atomic E-state index is 15.4. The average Bonchev–Trinajstić information content (AvgIpc) is 3.93. The number of aromatic nitrogens is 1. The van der Waals surface area contributed by atoms with E-state index in [-0.39, 0.29) is 17.5 Å². The van der Waals surface area contributed by atoms with E-state index < -0.39 is 68.8 Å². The van der Waals surface area contributed by atoms with Gasteiger partial charge in [0, 0.05) is 91.4 Å². The van der Waals surface area contributed by atoms with E-state index in [0.29, 0.717) is 79.0 Å². The fraction of sp³-hybridized carbons (Fsp3) is 0.542. The number of hydrogen-bond acceptors (Lipinski definition) is 13. The highest BCUT2D eigenvalue weighted by Crippen LogP contribution is 2.65. The summed E-state index contributed by atoms with van der Waals surface area (Å²) in [4.78, 5) is 66.5. The number of methoxy groups -OCH3 is 3. The lowest BCUT2D eigenvalue weighted by atomic mass is 9.52. The lowest BCUT2D eigenvalue weighted by Gasteiger charge is -2.59. The maximum absolute atomic E-state index is 15.4. The van der Waals surface area contributed by atoms with E-state index in [0.717, 1.165) is 29.7 Å². The number of rotatable bonds is 9. The van der Waals surface area contributed by atoms with Gasteiger partial charge < -0.3 is 38.7 Å². The molecule has 9 atom stereocenters. The third-order valence-corrected chi connectivity index (χ3v) is 15.6. The number of anilines is 1. The number of aliphatic hydroxyl groups is 1. The van der Waals surface area contributed by atoms with Crippen molar-refractivity contribution in [3.05, 3.63) is 81.6 Å². The smallest absolute Gasteiger partial charge is 0.344 e. The molecule has 1 aliphatic carbocycles. The number of alkyl halides is 3. The number of carbonyl (C=O) groups excluding carboxylic acids is 4. The van der Waals surface area contributed by atoms with E-state index in [2.05, 4.69) is 39.9 Å². The zero-order chi connectivity index (χ0) is 46.5. The lowest BCUT2D eigenvalue weighted by molar-refractivity contribution is -0.212. The van der Waals surface area contributed by atoms with Crippen molar-refractivity contribution in [2.75, 3.05) is 66.1 Å². The molecular formula is C48H55Cl3N4O10. The first kappa shape index (κ1) is 45.8. The molecule has 348 valence electrons. The van der Waals surface area contributed by atoms with E-state index in [9.17, 15) is 19.5 Å². The number of H-pyrrole nitrogens is 1. The van der Waals surface area contributed by atoms with Crippen molar-refractivity contribution < 1.29 is 48.0 Å². The van der Waals surface area contributed by atoms with Crippen molar-refractivity contribution >= 4 is 75.3 Å². The molecule has 65 heavy (non-hydrogen) atoms. The molecule has 9 rings (SSSR count). The van der Waals surface area contributed by atoms with Gasteiger partial charge in [0.25, 0.3) is 0 Å². The van der Waals surface area contributed by atoms with Gasteiger partial charge in [-0.1, -0.05) is 71.9 Å². The van der Waals surface area contributed by atoms with Crippen LogP contribution in [0.3, 0.4) is 0 Å². The first-order chi connectivity index (χ1) is 30.9. The number of carbonyl (C=O) groups is 4. The Kier molecular flexibility index (Phi) is 11.6. The minimum absolute atomic E-state index is 0.0955. The average molecular weight is 954 g/mol. The minimum atomic E-state index is -2.32. The van der Waals surface area contributed by atoms with Crippen LogP contribution in [0.4, 0.5) is 5.69 Å². The Labute approximate surface area is 393 Å². The van der Waals surface area contributed by atoms with Crippen LogP contribution in [0.5, 0.6) is 5.75 Å². The van der Waals surface area contributed by atoms with Crippen LogP contribution in [-0.2, 0) is 50.7 Å². The Morgan fingerprint density at radius 2 is 1.74 bits per heavy atom. The van der Waals surface area contributed by atoms with E-state index in [1.54, 1.807) is 25.3 Å². The largest absolute Gasteiger partial charge is 0.496 e. The molecule has 1 saturated carbocycles. The third kappa shape index (κ3) is 6.82. The van der Waals surface area contributed by atoms with Gasteiger partial charge in [-0.25, -0.2) is 9.59 Å². The van der Waals surface area contributed by atoms with Gasteiger partial charge >= 0.3 is 23.9 Å². The zero-order valence-corrected chi connectivity index (χ0v) is 39.9. The molecule has 1 saturated heterocycles. The SMILES string of the molecule is CCC1=C[C@H]2CN(C1)Cc1c([nH]c3ccc(C(=O)OCC(Cl)(Cl)Cl)cc13)[C@@](C(=O)OC)(c1cc3c(cc1OC)N(C)[C@H]1[C@@](O)(C(=O)OC)[C@H](OC(C)=O)C4C(CC)=CCN5CC[C@]31[C@H]45)C2. The highest BCUT2D eigenvalue weighted by molar-refractivity contribution is 6.67. The van der Waals surface area contributed by atoms with Crippen LogP contribution in [0.2, 0.25) is 0 Å². The number of ether oxygens (including phenoxy) is 5. The molecule has 1 aromatic heterocycles. The van der Waals surface area contributed by atoms with E-state index in [4.69, 9.17) is 58.5 Å². The quantitative estimate of drug-likeness (QED) is 0.107. The van der Waals surface area contributed by atoms with Crippen LogP contribution >= 0.6 is 34.8 Å². The number of halogens is 3. The normalized spacial score (nSPS) is 31.3. The van der Waals surface area contributed by atoms with Gasteiger partial charge in [-0.05, 0) is 73.5 Å². The molecule has 0 amide bonds. The fourth-order valence-corrected chi connectivity index (χ4v) is 13.1. The molecule has 14 nitrogen and oxygen atoms in total. The Hall–Kier alpha value is -4.31. The van der Waals surface area contributed by atoms with Gasteiger partial charge in [-0.15, -0.1) is 0 Å². The number of likely N-dealkylation sites (N-methyl/N-ethyl adjacent to an activating group) is 1. The molecule has 2 aromatic carbocycles. The second-order valence-electron chi connectivity index (χ2n) is 18.5. The van der Waals surface area contributed by atoms with Crippen molar-refractivity contribution in [3.8, 4) is 5.75 Å². The van der Waals surface area contributed by atoms with Crippen LogP contribution < -0.4 is 9.64 Å². The number of esters is 4. The van der Waals surface area contributed by atoms with Crippen molar-refractivity contribution in [2.24, 2.45) is 11.8 Å². The number of benzene rings is 2. The summed E-state index contributed by atoms with van der Waals surface area (Å²) in [6.07, 6.45) is 5.41. The Balaban J connectivity index is 1.32. The lowest BCUT2D eigenvalue weighted by Crippen LogP contribution is -2.78. The van der Waals surface area contributed by atoms with Crippen LogP contribution in [0, 0.1) is 11.8 Å². The number of aromatic amines is 1. The molecule has 2 unspecified atom stereocenters. The van der Waals surface area contributed by atoms with Gasteiger partial charge in [-0.3, -0.25) is 19.4 Å². The second-order valence-corrected chi connectivity index (χ2v) is 21.0. The fourth-order valence-electron chi connectivity index (χ4n) is 13.0. The zero-order valence-electron chi connectivity index (χ0n) is 37.6. The van der Waals surface area contributed by atoms with Crippen LogP contribution in [-0.4, -0.2) is 133 Å². The third-order valence-electron chi connectivity index (χ3n) is 15.3. The Morgan fingerprint density at radius 3 is 2.40 bits per heavy atom. The van der Waals surface area contributed by atoms with Gasteiger partial charge in [0.05, 0.1) is 32.9 Å². The summed E-state index contributed by atoms with van der Waals surface area (Å²) in [5.74, 6) is -2.97. The molecule has 1 spiro atoms. The van der Waals surface area contributed by atoms with Gasteiger partial charge in [0.2, 0.25) is 9.39 Å². The van der Waals surface area contributed by atoms with Crippen molar-refractivity contribution in [3.63, 3.8) is 0 Å². The summed E-state index contributed by atoms with van der Waals surface area (Å²) in [6, 6.07) is 7.84. The predicted octanol–water partition coefficient (Wildman–Crippen LogP) is 6.28. The molecule has 6 heterocycles. The maximum Gasteiger partial charge on any atom is 0.344 e. The van der Waals surface area contributed by atoms with Crippen molar-refractivity contribution in [2.45, 2.75) is 91.4 Å². The van der Waals surface area contributed by atoms with Gasteiger partial charge in [0.15, 0.2) is 6.10 Å². The standard InChI is InChI=1S/C48H55Cl3N4O10/c1-8-26-16-27-20-46(43(58)62-6,38-31(23-54(21-26)22-27)30-17-29(10-11-34(30)52-38)41(57)64-24-47(49,50)51)33-18-32-35(19-36(33)61-5)53(4)42-45(32)13-15-55-14-12-28(9-2)37(39(45)55)40(65-25(3)56)48(42,60)44(59)63-7/h10-12,16-19,27,37,39-40,42,52,60H,8-9,13-15,20-24H2,1-7H3/t27-,37?,39+,40-,42-,45-,46+,48-/m1/s1. The number of nitrogens with zero attached hydrogens (tertiary/aromatic N) is 3. The Bertz CT molecular complexity index is 2550. The molecule has 0 radical (unpaired) electrons. The molecule has 2 bridgehead atoms. The molecular weight excluding hydrogens is 899 g/mol. The predicted molar refractivity (Wildman–Crippen MR) is 245 cm³/mol. The molecule has 6 aliphatic rings. The van der Waals surface area contributed by atoms with Crippen molar-refractivity contribution in [1.29, 1.82) is 0 Å². The summed E-state index contributed by atoms with van der Waals surface area (Å²) in [6.45, 7) is 8.09. The Morgan fingerprint density at radius 1 is 0.985 bits per heavy atom. The van der Waals surface area contributed by atoms with E-state index in [1.807, 2.05) is 24.9 Å². The molecule has 2 N–H and O–H groups in total. The molecule has 3 aromatic rings. The summed E-state index contributed by atoms with van der Waals surface area (Å²) in [7, 11) is 6.02. The van der Waals surface area contributed by atoms with Crippen LogP contribution in [0.25, 0.3) is 10.9 Å². The van der Waals surface area contributed by atoms with Gasteiger partial charge in [0.1, 0.15) is 17.8 Å². The first-order valence-electron chi connectivity index (χ1n) is 22.2. The number of nitrogens with one attached hydrogen (secondary N) is 1. The highest BCUT2D eigenvalue weighted by Gasteiger charge is 2.77. The molecule has 5 aliphatic heterocycles. The van der Waals surface area contributed by atoms with E-state index >= 15 is 4.79 Å². The summed E-state index contributed by atoms with van der Waals surface area (Å²) >= 11 is 17.8. The first-order valence-corrected chi connectivity index (χ1v) is 23.3. The molecule has 17 heteroatoms. The highest BCUT2D eigenvalue weighted by atomic mass is 35.6. The minimum Gasteiger partial charge on any atom is -0.496 e. The molecule has 2 fully saturated rings. The van der Waals surface area contributed by atoms with Gasteiger partial charge in [-0.2, -0.15) is 0 Å².